The molecule has 8 heteroatoms. The Morgan fingerprint density at radius 1 is 1.15 bits per heavy atom. The van der Waals surface area contributed by atoms with Crippen LogP contribution in [0.2, 0.25) is 0 Å². The molecular formula is C19H23N5O2S. The van der Waals surface area contributed by atoms with Crippen molar-refractivity contribution in [2.45, 2.75) is 18.6 Å². The molecule has 3 heterocycles. The second-order valence-electron chi connectivity index (χ2n) is 6.68. The molecule has 4 rings (SSSR count). The zero-order valence-electron chi connectivity index (χ0n) is 15.4. The van der Waals surface area contributed by atoms with Gasteiger partial charge in [-0.15, -0.1) is 0 Å². The Morgan fingerprint density at radius 2 is 1.89 bits per heavy atom. The fourth-order valence-electron chi connectivity index (χ4n) is 3.45. The van der Waals surface area contributed by atoms with Crippen molar-refractivity contribution in [3.8, 4) is 0 Å². The number of likely N-dealkylation sites (N-methyl/N-ethyl adjacent to an activating group) is 1. The number of fused-ring (bicyclic) bond motifs is 1. The lowest BCUT2D eigenvalue weighted by atomic mass is 10.2. The smallest absolute Gasteiger partial charge is 0.267 e. The molecule has 2 aliphatic heterocycles. The molecule has 0 saturated carbocycles. The van der Waals surface area contributed by atoms with E-state index in [9.17, 15) is 9.59 Å². The average Bonchev–Trinajstić information content (AvgIpc) is 3.19. The molecule has 1 saturated heterocycles. The Kier molecular flexibility index (Phi) is 5.18. The van der Waals surface area contributed by atoms with Gasteiger partial charge in [-0.3, -0.25) is 14.2 Å². The van der Waals surface area contributed by atoms with Gasteiger partial charge in [0.1, 0.15) is 5.56 Å². The molecule has 1 fully saturated rings. The summed E-state index contributed by atoms with van der Waals surface area (Å²) < 4.78 is 1.57. The van der Waals surface area contributed by atoms with E-state index >= 15 is 0 Å². The van der Waals surface area contributed by atoms with E-state index in [1.54, 1.807) is 4.57 Å². The van der Waals surface area contributed by atoms with Crippen molar-refractivity contribution in [2.24, 2.45) is 0 Å². The van der Waals surface area contributed by atoms with Gasteiger partial charge in [0, 0.05) is 56.0 Å². The topological polar surface area (TPSA) is 70.5 Å². The number of rotatable bonds is 4. The highest BCUT2D eigenvalue weighted by molar-refractivity contribution is 7.99. The third kappa shape index (κ3) is 3.72. The van der Waals surface area contributed by atoms with Crippen LogP contribution in [0.5, 0.6) is 0 Å². The van der Waals surface area contributed by atoms with Crippen molar-refractivity contribution in [3.63, 3.8) is 0 Å². The van der Waals surface area contributed by atoms with Gasteiger partial charge in [-0.1, -0.05) is 18.7 Å². The van der Waals surface area contributed by atoms with Crippen LogP contribution in [0.15, 0.2) is 40.4 Å². The summed E-state index contributed by atoms with van der Waals surface area (Å²) in [6, 6.07) is 7.80. The number of aromatic nitrogens is 2. The van der Waals surface area contributed by atoms with Gasteiger partial charge in [-0.05, 0) is 30.8 Å². The number of hydrogen-bond acceptors (Lipinski definition) is 6. The maximum Gasteiger partial charge on any atom is 0.267 e. The molecule has 7 nitrogen and oxygen atoms in total. The molecule has 142 valence electrons. The van der Waals surface area contributed by atoms with Crippen LogP contribution in [-0.4, -0.2) is 58.8 Å². The highest BCUT2D eigenvalue weighted by Crippen LogP contribution is 2.22. The van der Waals surface area contributed by atoms with Crippen LogP contribution in [0.3, 0.4) is 0 Å². The first-order valence-corrected chi connectivity index (χ1v) is 10.3. The largest absolute Gasteiger partial charge is 0.369 e. The lowest BCUT2D eigenvalue weighted by Gasteiger charge is -2.35. The van der Waals surface area contributed by atoms with Gasteiger partial charge in [0.15, 0.2) is 5.16 Å². The van der Waals surface area contributed by atoms with Crippen molar-refractivity contribution in [1.29, 1.82) is 0 Å². The quantitative estimate of drug-likeness (QED) is 0.809. The summed E-state index contributed by atoms with van der Waals surface area (Å²) in [7, 11) is 0. The molecule has 0 spiro atoms. The normalized spacial score (nSPS) is 17.0. The number of carbonyl (C=O) groups is 1. The van der Waals surface area contributed by atoms with Crippen LogP contribution >= 0.6 is 11.8 Å². The average molecular weight is 385 g/mol. The van der Waals surface area contributed by atoms with E-state index in [1.807, 2.05) is 24.3 Å². The minimum absolute atomic E-state index is 0.0843. The number of amides is 1. The minimum Gasteiger partial charge on any atom is -0.369 e. The molecule has 27 heavy (non-hydrogen) atoms. The number of benzene rings is 1. The number of nitrogens with zero attached hydrogens (tertiary/aromatic N) is 4. The third-order valence-corrected chi connectivity index (χ3v) is 6.08. The lowest BCUT2D eigenvalue weighted by Crippen LogP contribution is -2.46. The predicted octanol–water partition coefficient (Wildman–Crippen LogP) is 1.74. The molecule has 0 aliphatic carbocycles. The third-order valence-electron chi connectivity index (χ3n) is 5.11. The van der Waals surface area contributed by atoms with Gasteiger partial charge in [0.25, 0.3) is 11.5 Å². The number of thioether (sulfide) groups is 1. The number of carbonyl (C=O) groups excluding carboxylic acids is 1. The summed E-state index contributed by atoms with van der Waals surface area (Å²) >= 11 is 1.54. The number of anilines is 2. The summed E-state index contributed by atoms with van der Waals surface area (Å²) in [6.45, 7) is 8.05. The fourth-order valence-corrected chi connectivity index (χ4v) is 4.36. The lowest BCUT2D eigenvalue weighted by molar-refractivity contribution is 0.102. The van der Waals surface area contributed by atoms with Crippen LogP contribution in [-0.2, 0) is 6.54 Å². The molecule has 0 bridgehead atoms. The Hall–Kier alpha value is -2.32. The van der Waals surface area contributed by atoms with Gasteiger partial charge in [0.2, 0.25) is 0 Å². The van der Waals surface area contributed by atoms with Crippen molar-refractivity contribution in [3.05, 3.63) is 46.4 Å². The predicted molar refractivity (Wildman–Crippen MR) is 108 cm³/mol. The zero-order valence-corrected chi connectivity index (χ0v) is 16.2. The van der Waals surface area contributed by atoms with Crippen molar-refractivity contribution < 1.29 is 4.79 Å². The van der Waals surface area contributed by atoms with Crippen LogP contribution < -0.4 is 15.8 Å². The van der Waals surface area contributed by atoms with E-state index < -0.39 is 5.91 Å². The maximum absolute atomic E-state index is 12.5. The van der Waals surface area contributed by atoms with Crippen LogP contribution in [0.4, 0.5) is 11.4 Å². The van der Waals surface area contributed by atoms with Crippen LogP contribution in [0.1, 0.15) is 17.3 Å². The molecule has 0 unspecified atom stereocenters. The van der Waals surface area contributed by atoms with Crippen LogP contribution in [0.25, 0.3) is 0 Å². The van der Waals surface area contributed by atoms with Gasteiger partial charge in [-0.25, -0.2) is 4.98 Å². The Bertz CT molecular complexity index is 888. The first-order valence-electron chi connectivity index (χ1n) is 9.27. The molecule has 0 atom stereocenters. The molecular weight excluding hydrogens is 362 g/mol. The van der Waals surface area contributed by atoms with E-state index in [0.717, 1.165) is 44.2 Å². The van der Waals surface area contributed by atoms with Gasteiger partial charge >= 0.3 is 0 Å². The molecule has 2 aliphatic rings. The minimum atomic E-state index is -0.413. The Balaban J connectivity index is 1.43. The number of piperazine rings is 1. The van der Waals surface area contributed by atoms with E-state index in [0.29, 0.717) is 17.4 Å². The molecule has 1 aromatic carbocycles. The summed E-state index contributed by atoms with van der Waals surface area (Å²) in [5.41, 5.74) is 1.64. The van der Waals surface area contributed by atoms with Crippen LogP contribution in [0, 0.1) is 0 Å². The Morgan fingerprint density at radius 3 is 2.59 bits per heavy atom. The zero-order chi connectivity index (χ0) is 18.8. The monoisotopic (exact) mass is 385 g/mol. The summed E-state index contributed by atoms with van der Waals surface area (Å²) in [4.78, 5) is 34.0. The second kappa shape index (κ2) is 7.74. The maximum atomic E-state index is 12.5. The highest BCUT2D eigenvalue weighted by Gasteiger charge is 2.20. The first kappa shape index (κ1) is 18.1. The first-order chi connectivity index (χ1) is 13.2. The summed E-state index contributed by atoms with van der Waals surface area (Å²) in [6.07, 6.45) is 1.38. The van der Waals surface area contributed by atoms with Gasteiger partial charge in [-0.2, -0.15) is 0 Å². The standard InChI is InChI=1S/C19H23N5O2S/c1-2-22-7-9-23(10-8-22)15-5-3-14(4-6-15)21-17(25)16-13-20-19-24(18(16)26)11-12-27-19/h3-6,13H,2,7-12H2,1H3,(H,21,25). The number of nitrogens with one attached hydrogen (secondary N) is 1. The fraction of sp³-hybridized carbons (Fsp3) is 0.421. The highest BCUT2D eigenvalue weighted by atomic mass is 32.2. The van der Waals surface area contributed by atoms with Gasteiger partial charge < -0.3 is 15.1 Å². The van der Waals surface area contributed by atoms with E-state index in [1.165, 1.54) is 18.0 Å². The Labute approximate surface area is 162 Å². The number of hydrogen-bond donors (Lipinski definition) is 1. The molecule has 1 amide bonds. The van der Waals surface area contributed by atoms with E-state index in [4.69, 9.17) is 0 Å². The summed E-state index contributed by atoms with van der Waals surface area (Å²) in [5, 5.41) is 3.50. The molecule has 1 aromatic heterocycles. The van der Waals surface area contributed by atoms with Crippen molar-refractivity contribution in [1.82, 2.24) is 14.5 Å². The molecule has 2 aromatic rings. The molecule has 0 radical (unpaired) electrons. The second-order valence-corrected chi connectivity index (χ2v) is 7.74. The van der Waals surface area contributed by atoms with Crippen molar-refractivity contribution in [2.75, 3.05) is 48.7 Å². The molecule has 1 N–H and O–H groups in total. The summed E-state index contributed by atoms with van der Waals surface area (Å²) in [5.74, 6) is 0.408. The van der Waals surface area contributed by atoms with Crippen molar-refractivity contribution >= 4 is 29.0 Å². The van der Waals surface area contributed by atoms with Gasteiger partial charge in [0.05, 0.1) is 0 Å². The van der Waals surface area contributed by atoms with E-state index in [2.05, 4.69) is 27.0 Å². The SMILES string of the molecule is CCN1CCN(c2ccc(NC(=O)c3cnc4n(c3=O)CCS4)cc2)CC1. The van der Waals surface area contributed by atoms with E-state index in [-0.39, 0.29) is 11.1 Å².